The van der Waals surface area contributed by atoms with E-state index in [9.17, 15) is 9.59 Å². The second kappa shape index (κ2) is 7.23. The highest BCUT2D eigenvalue weighted by Gasteiger charge is 2.28. The van der Waals surface area contributed by atoms with Crippen LogP contribution in [0.5, 0.6) is 6.01 Å². The summed E-state index contributed by atoms with van der Waals surface area (Å²) in [7, 11) is 0. The van der Waals surface area contributed by atoms with Crippen LogP contribution in [-0.2, 0) is 11.3 Å². The van der Waals surface area contributed by atoms with Crippen LogP contribution in [0.4, 0.5) is 0 Å². The molecule has 8 heteroatoms. The monoisotopic (exact) mass is 357 g/mol. The number of ether oxygens (including phenoxy) is 1. The molecular formula is C18H23N5O3. The van der Waals surface area contributed by atoms with E-state index in [4.69, 9.17) is 4.74 Å². The zero-order valence-corrected chi connectivity index (χ0v) is 15.5. The molecule has 1 fully saturated rings. The first-order valence-corrected chi connectivity index (χ1v) is 8.63. The number of likely N-dealkylation sites (tertiary alicyclic amines) is 1. The van der Waals surface area contributed by atoms with E-state index in [-0.39, 0.29) is 24.1 Å². The smallest absolute Gasteiger partial charge is 0.317 e. The topological polar surface area (TPSA) is 90.2 Å². The molecule has 0 spiro atoms. The molecule has 1 atom stereocenters. The van der Waals surface area contributed by atoms with Crippen LogP contribution in [0.25, 0.3) is 0 Å². The quantitative estimate of drug-likeness (QED) is 0.809. The molecule has 8 nitrogen and oxygen atoms in total. The normalized spacial score (nSPS) is 16.8. The minimum Gasteiger partial charge on any atom is -0.458 e. The lowest BCUT2D eigenvalue weighted by molar-refractivity contribution is -0.131. The van der Waals surface area contributed by atoms with Crippen molar-refractivity contribution in [2.75, 3.05) is 13.1 Å². The van der Waals surface area contributed by atoms with Crippen molar-refractivity contribution in [3.05, 3.63) is 45.4 Å². The largest absolute Gasteiger partial charge is 0.458 e. The fourth-order valence-electron chi connectivity index (χ4n) is 2.98. The fraction of sp³-hybridized carbons (Fsp3) is 0.500. The van der Waals surface area contributed by atoms with Gasteiger partial charge in [0.2, 0.25) is 5.91 Å². The standard InChI is InChI=1S/C18H23N5O3/c1-11-7-12(2)21-18(20-11)26-15-5-6-22(8-15)16(24)9-23-10-19-14(4)13(3)17(23)25/h7,10,15H,5-6,8-9H2,1-4H3/t15-/m0/s1. The second-order valence-corrected chi connectivity index (χ2v) is 6.69. The molecule has 3 heterocycles. The third-order valence-electron chi connectivity index (χ3n) is 4.55. The van der Waals surface area contributed by atoms with Crippen molar-refractivity contribution >= 4 is 5.91 Å². The molecule has 0 unspecified atom stereocenters. The van der Waals surface area contributed by atoms with Gasteiger partial charge in [-0.2, -0.15) is 0 Å². The Labute approximate surface area is 151 Å². The van der Waals surface area contributed by atoms with E-state index in [2.05, 4.69) is 15.0 Å². The molecule has 2 aromatic heterocycles. The van der Waals surface area contributed by atoms with Crippen molar-refractivity contribution in [3.63, 3.8) is 0 Å². The molecule has 1 aliphatic heterocycles. The predicted octanol–water partition coefficient (Wildman–Crippen LogP) is 0.947. The zero-order valence-electron chi connectivity index (χ0n) is 15.5. The number of hydrogen-bond acceptors (Lipinski definition) is 6. The van der Waals surface area contributed by atoms with Gasteiger partial charge in [0.05, 0.1) is 12.9 Å². The lowest BCUT2D eigenvalue weighted by atomic mass is 10.3. The van der Waals surface area contributed by atoms with Gasteiger partial charge >= 0.3 is 6.01 Å². The highest BCUT2D eigenvalue weighted by atomic mass is 16.5. The molecule has 2 aromatic rings. The van der Waals surface area contributed by atoms with Crippen molar-refractivity contribution in [1.82, 2.24) is 24.4 Å². The zero-order chi connectivity index (χ0) is 18.8. The maximum absolute atomic E-state index is 12.5. The average molecular weight is 357 g/mol. The summed E-state index contributed by atoms with van der Waals surface area (Å²) < 4.78 is 7.18. The average Bonchev–Trinajstić information content (AvgIpc) is 3.03. The highest BCUT2D eigenvalue weighted by Crippen LogP contribution is 2.16. The van der Waals surface area contributed by atoms with Crippen molar-refractivity contribution in [2.45, 2.75) is 46.8 Å². The fourth-order valence-corrected chi connectivity index (χ4v) is 2.98. The van der Waals surface area contributed by atoms with E-state index in [1.165, 1.54) is 10.9 Å². The Bertz CT molecular complexity index is 873. The Morgan fingerprint density at radius 3 is 2.62 bits per heavy atom. The third-order valence-corrected chi connectivity index (χ3v) is 4.55. The summed E-state index contributed by atoms with van der Waals surface area (Å²) in [5, 5.41) is 0. The summed E-state index contributed by atoms with van der Waals surface area (Å²) in [6, 6.07) is 2.23. The van der Waals surface area contributed by atoms with Gasteiger partial charge in [-0.25, -0.2) is 15.0 Å². The first-order valence-electron chi connectivity index (χ1n) is 8.63. The lowest BCUT2D eigenvalue weighted by Gasteiger charge is -2.17. The van der Waals surface area contributed by atoms with Crippen LogP contribution in [-0.4, -0.2) is 49.5 Å². The van der Waals surface area contributed by atoms with Crippen LogP contribution in [0.15, 0.2) is 17.2 Å². The van der Waals surface area contributed by atoms with E-state index in [1.54, 1.807) is 18.7 Å². The molecule has 3 rings (SSSR count). The number of aromatic nitrogens is 4. The Hall–Kier alpha value is -2.77. The van der Waals surface area contributed by atoms with Crippen LogP contribution in [0.2, 0.25) is 0 Å². The molecule has 0 bridgehead atoms. The second-order valence-electron chi connectivity index (χ2n) is 6.69. The number of nitrogens with zero attached hydrogens (tertiary/aromatic N) is 5. The Kier molecular flexibility index (Phi) is 5.01. The number of rotatable bonds is 4. The molecule has 26 heavy (non-hydrogen) atoms. The Balaban J connectivity index is 1.62. The molecule has 0 radical (unpaired) electrons. The summed E-state index contributed by atoms with van der Waals surface area (Å²) in [4.78, 5) is 39.2. The maximum Gasteiger partial charge on any atom is 0.317 e. The van der Waals surface area contributed by atoms with Crippen LogP contribution in [0.3, 0.4) is 0 Å². The summed E-state index contributed by atoms with van der Waals surface area (Å²) in [5.41, 5.74) is 2.76. The van der Waals surface area contributed by atoms with Crippen molar-refractivity contribution in [3.8, 4) is 6.01 Å². The van der Waals surface area contributed by atoms with Gasteiger partial charge in [-0.3, -0.25) is 14.2 Å². The lowest BCUT2D eigenvalue weighted by Crippen LogP contribution is -2.37. The predicted molar refractivity (Wildman–Crippen MR) is 95.1 cm³/mol. The van der Waals surface area contributed by atoms with E-state index in [0.717, 1.165) is 11.4 Å². The van der Waals surface area contributed by atoms with Crippen LogP contribution in [0.1, 0.15) is 29.1 Å². The number of carbonyl (C=O) groups is 1. The molecule has 0 N–H and O–H groups in total. The SMILES string of the molecule is Cc1cc(C)nc(O[C@H]2CCN(C(=O)Cn3cnc(C)c(C)c3=O)C2)n1. The molecule has 138 valence electrons. The van der Waals surface area contributed by atoms with Crippen molar-refractivity contribution in [1.29, 1.82) is 0 Å². The molecular weight excluding hydrogens is 334 g/mol. The van der Waals surface area contributed by atoms with Crippen LogP contribution in [0, 0.1) is 27.7 Å². The molecule has 1 aliphatic rings. The maximum atomic E-state index is 12.5. The summed E-state index contributed by atoms with van der Waals surface area (Å²) >= 11 is 0. The van der Waals surface area contributed by atoms with Crippen molar-refractivity contribution in [2.24, 2.45) is 0 Å². The van der Waals surface area contributed by atoms with Gasteiger partial charge in [-0.1, -0.05) is 0 Å². The number of hydrogen-bond donors (Lipinski definition) is 0. The third kappa shape index (κ3) is 3.89. The van der Waals surface area contributed by atoms with Gasteiger partial charge in [-0.15, -0.1) is 0 Å². The van der Waals surface area contributed by atoms with Gasteiger partial charge in [-0.05, 0) is 33.8 Å². The molecule has 0 saturated carbocycles. The first-order chi connectivity index (χ1) is 12.3. The van der Waals surface area contributed by atoms with E-state index >= 15 is 0 Å². The van der Waals surface area contributed by atoms with E-state index < -0.39 is 0 Å². The number of carbonyl (C=O) groups excluding carboxylic acids is 1. The number of aryl methyl sites for hydroxylation is 3. The van der Waals surface area contributed by atoms with Gasteiger partial charge in [0, 0.05) is 35.6 Å². The van der Waals surface area contributed by atoms with Crippen LogP contribution >= 0.6 is 0 Å². The van der Waals surface area contributed by atoms with E-state index in [0.29, 0.717) is 36.8 Å². The van der Waals surface area contributed by atoms with Gasteiger partial charge < -0.3 is 9.64 Å². The van der Waals surface area contributed by atoms with E-state index in [1.807, 2.05) is 19.9 Å². The minimum absolute atomic E-state index is 0.0142. The molecule has 0 aliphatic carbocycles. The minimum atomic E-state index is -0.179. The number of amides is 1. The summed E-state index contributed by atoms with van der Waals surface area (Å²) in [6.07, 6.45) is 1.99. The Morgan fingerprint density at radius 1 is 1.23 bits per heavy atom. The van der Waals surface area contributed by atoms with Gasteiger partial charge in [0.25, 0.3) is 5.56 Å². The summed E-state index contributed by atoms with van der Waals surface area (Å²) in [6.45, 7) is 8.31. The summed E-state index contributed by atoms with van der Waals surface area (Å²) in [5.74, 6) is -0.121. The van der Waals surface area contributed by atoms with Crippen molar-refractivity contribution < 1.29 is 9.53 Å². The molecule has 1 saturated heterocycles. The van der Waals surface area contributed by atoms with Gasteiger partial charge in [0.15, 0.2) is 0 Å². The first kappa shape index (κ1) is 18.0. The molecule has 1 amide bonds. The Morgan fingerprint density at radius 2 is 1.92 bits per heavy atom. The van der Waals surface area contributed by atoms with Gasteiger partial charge in [0.1, 0.15) is 12.6 Å². The molecule has 0 aromatic carbocycles. The highest BCUT2D eigenvalue weighted by molar-refractivity contribution is 5.76. The van der Waals surface area contributed by atoms with Crippen LogP contribution < -0.4 is 10.3 Å².